The van der Waals surface area contributed by atoms with Gasteiger partial charge in [-0.3, -0.25) is 0 Å². The van der Waals surface area contributed by atoms with E-state index < -0.39 is 10.0 Å². The van der Waals surface area contributed by atoms with Crippen LogP contribution in [0.3, 0.4) is 0 Å². The smallest absolute Gasteiger partial charge is 0.243 e. The molecule has 1 aromatic carbocycles. The Bertz CT molecular complexity index is 849. The molecule has 24 heavy (non-hydrogen) atoms. The van der Waals surface area contributed by atoms with E-state index in [1.165, 1.54) is 28.6 Å². The Morgan fingerprint density at radius 2 is 1.67 bits per heavy atom. The van der Waals surface area contributed by atoms with Crippen molar-refractivity contribution in [2.75, 3.05) is 31.1 Å². The van der Waals surface area contributed by atoms with E-state index in [1.807, 2.05) is 30.0 Å². The first-order valence-corrected chi connectivity index (χ1v) is 9.00. The van der Waals surface area contributed by atoms with Crippen molar-refractivity contribution in [1.29, 1.82) is 5.26 Å². The molecule has 1 fully saturated rings. The number of aromatic nitrogens is 2. The van der Waals surface area contributed by atoms with Gasteiger partial charge >= 0.3 is 0 Å². The maximum Gasteiger partial charge on any atom is 0.243 e. The van der Waals surface area contributed by atoms with Crippen LogP contribution in [0.15, 0.2) is 41.3 Å². The van der Waals surface area contributed by atoms with Crippen LogP contribution in [0, 0.1) is 18.3 Å². The number of sulfonamides is 1. The zero-order valence-electron chi connectivity index (χ0n) is 13.3. The predicted molar refractivity (Wildman–Crippen MR) is 88.9 cm³/mol. The molecule has 0 saturated carbocycles. The van der Waals surface area contributed by atoms with Gasteiger partial charge in [0.05, 0.1) is 22.2 Å². The molecular weight excluding hydrogens is 326 g/mol. The fraction of sp³-hybridized carbons (Fsp3) is 0.312. The van der Waals surface area contributed by atoms with Gasteiger partial charge in [-0.05, 0) is 43.3 Å². The van der Waals surface area contributed by atoms with Gasteiger partial charge in [0.25, 0.3) is 0 Å². The Morgan fingerprint density at radius 1 is 1.00 bits per heavy atom. The van der Waals surface area contributed by atoms with Gasteiger partial charge in [-0.2, -0.15) is 14.7 Å². The summed E-state index contributed by atoms with van der Waals surface area (Å²) >= 11 is 0. The lowest BCUT2D eigenvalue weighted by Gasteiger charge is -2.34. The molecule has 3 rings (SSSR count). The van der Waals surface area contributed by atoms with Gasteiger partial charge in [-0.25, -0.2) is 8.42 Å². The van der Waals surface area contributed by atoms with Crippen LogP contribution in [-0.4, -0.2) is 49.1 Å². The van der Waals surface area contributed by atoms with E-state index >= 15 is 0 Å². The van der Waals surface area contributed by atoms with Crippen molar-refractivity contribution in [2.45, 2.75) is 11.8 Å². The molecule has 0 amide bonds. The molecule has 0 bridgehead atoms. The average Bonchev–Trinajstić information content (AvgIpc) is 2.62. The molecule has 0 unspecified atom stereocenters. The first-order chi connectivity index (χ1) is 11.5. The highest BCUT2D eigenvalue weighted by atomic mass is 32.2. The molecule has 0 radical (unpaired) electrons. The van der Waals surface area contributed by atoms with Crippen LogP contribution in [0.5, 0.6) is 0 Å². The molecule has 2 heterocycles. The predicted octanol–water partition coefficient (Wildman–Crippen LogP) is 1.17. The fourth-order valence-corrected chi connectivity index (χ4v) is 3.99. The third kappa shape index (κ3) is 3.22. The molecule has 1 aliphatic heterocycles. The summed E-state index contributed by atoms with van der Waals surface area (Å²) in [5.74, 6) is 0.760. The van der Waals surface area contributed by atoms with Crippen LogP contribution in [0.2, 0.25) is 0 Å². The Balaban J connectivity index is 1.71. The molecule has 1 aromatic heterocycles. The Kier molecular flexibility index (Phi) is 4.46. The molecule has 0 spiro atoms. The van der Waals surface area contributed by atoms with Gasteiger partial charge < -0.3 is 4.90 Å². The lowest BCUT2D eigenvalue weighted by atomic mass is 10.2. The molecule has 8 heteroatoms. The van der Waals surface area contributed by atoms with E-state index in [-0.39, 0.29) is 4.90 Å². The molecule has 1 aliphatic rings. The van der Waals surface area contributed by atoms with Gasteiger partial charge in [-0.15, -0.1) is 5.10 Å². The summed E-state index contributed by atoms with van der Waals surface area (Å²) in [5, 5.41) is 17.0. The topological polar surface area (TPSA) is 90.2 Å². The van der Waals surface area contributed by atoms with Crippen molar-refractivity contribution in [2.24, 2.45) is 0 Å². The van der Waals surface area contributed by atoms with Crippen molar-refractivity contribution in [3.8, 4) is 6.07 Å². The Labute approximate surface area is 141 Å². The number of rotatable bonds is 3. The zero-order valence-corrected chi connectivity index (χ0v) is 14.1. The minimum Gasteiger partial charge on any atom is -0.352 e. The fourth-order valence-electron chi connectivity index (χ4n) is 2.57. The number of nitrogens with zero attached hydrogens (tertiary/aromatic N) is 5. The van der Waals surface area contributed by atoms with Crippen LogP contribution in [-0.2, 0) is 10.0 Å². The SMILES string of the molecule is Cc1ccc(N2CCN(S(=O)(=O)c3ccc(C#N)cc3)CC2)nn1. The van der Waals surface area contributed by atoms with Gasteiger partial charge in [0.1, 0.15) is 0 Å². The van der Waals surface area contributed by atoms with Crippen molar-refractivity contribution in [3.63, 3.8) is 0 Å². The third-order valence-corrected chi connectivity index (χ3v) is 5.88. The number of piperazine rings is 1. The number of benzene rings is 1. The van der Waals surface area contributed by atoms with E-state index in [4.69, 9.17) is 5.26 Å². The van der Waals surface area contributed by atoms with Crippen molar-refractivity contribution in [1.82, 2.24) is 14.5 Å². The molecule has 2 aromatic rings. The molecular formula is C16H17N5O2S. The highest BCUT2D eigenvalue weighted by Crippen LogP contribution is 2.20. The molecule has 0 atom stereocenters. The summed E-state index contributed by atoms with van der Waals surface area (Å²) in [6.07, 6.45) is 0. The van der Waals surface area contributed by atoms with E-state index in [2.05, 4.69) is 10.2 Å². The van der Waals surface area contributed by atoms with Crippen LogP contribution in [0.4, 0.5) is 5.82 Å². The van der Waals surface area contributed by atoms with E-state index in [9.17, 15) is 8.42 Å². The second-order valence-electron chi connectivity index (χ2n) is 5.56. The summed E-state index contributed by atoms with van der Waals surface area (Å²) < 4.78 is 26.8. The Hall–Kier alpha value is -2.50. The summed E-state index contributed by atoms with van der Waals surface area (Å²) in [6, 6.07) is 11.8. The van der Waals surface area contributed by atoms with Gasteiger partial charge in [0.15, 0.2) is 5.82 Å². The second kappa shape index (κ2) is 6.55. The standard InChI is InChI=1S/C16H17N5O2S/c1-13-2-7-16(19-18-13)20-8-10-21(11-9-20)24(22,23)15-5-3-14(12-17)4-6-15/h2-7H,8-11H2,1H3. The normalized spacial score (nSPS) is 15.9. The summed E-state index contributed by atoms with van der Waals surface area (Å²) in [4.78, 5) is 2.24. The first-order valence-electron chi connectivity index (χ1n) is 7.56. The monoisotopic (exact) mass is 343 g/mol. The van der Waals surface area contributed by atoms with E-state index in [1.54, 1.807) is 0 Å². The molecule has 1 saturated heterocycles. The average molecular weight is 343 g/mol. The number of aryl methyl sites for hydroxylation is 1. The molecule has 0 N–H and O–H groups in total. The van der Waals surface area contributed by atoms with E-state index in [0.717, 1.165) is 11.5 Å². The third-order valence-electron chi connectivity index (χ3n) is 3.97. The Morgan fingerprint density at radius 3 is 2.21 bits per heavy atom. The number of anilines is 1. The quantitative estimate of drug-likeness (QED) is 0.831. The van der Waals surface area contributed by atoms with Gasteiger partial charge in [0.2, 0.25) is 10.0 Å². The van der Waals surface area contributed by atoms with E-state index in [0.29, 0.717) is 31.7 Å². The van der Waals surface area contributed by atoms with Crippen molar-refractivity contribution in [3.05, 3.63) is 47.7 Å². The van der Waals surface area contributed by atoms with Crippen molar-refractivity contribution < 1.29 is 8.42 Å². The van der Waals surface area contributed by atoms with Crippen LogP contribution in [0.1, 0.15) is 11.3 Å². The summed E-state index contributed by atoms with van der Waals surface area (Å²) in [5.41, 5.74) is 1.29. The molecule has 124 valence electrons. The number of hydrogen-bond donors (Lipinski definition) is 0. The maximum absolute atomic E-state index is 12.7. The van der Waals surface area contributed by atoms with Crippen LogP contribution >= 0.6 is 0 Å². The molecule has 7 nitrogen and oxygen atoms in total. The zero-order chi connectivity index (χ0) is 17.2. The number of nitriles is 1. The first kappa shape index (κ1) is 16.4. The van der Waals surface area contributed by atoms with Crippen LogP contribution in [0.25, 0.3) is 0 Å². The summed E-state index contributed by atoms with van der Waals surface area (Å²) in [6.45, 7) is 3.77. The van der Waals surface area contributed by atoms with Crippen LogP contribution < -0.4 is 4.90 Å². The van der Waals surface area contributed by atoms with Gasteiger partial charge in [0, 0.05) is 26.2 Å². The minimum absolute atomic E-state index is 0.213. The highest BCUT2D eigenvalue weighted by Gasteiger charge is 2.28. The summed E-state index contributed by atoms with van der Waals surface area (Å²) in [7, 11) is -3.54. The lowest BCUT2D eigenvalue weighted by molar-refractivity contribution is 0.383. The lowest BCUT2D eigenvalue weighted by Crippen LogP contribution is -2.49. The van der Waals surface area contributed by atoms with Crippen molar-refractivity contribution >= 4 is 15.8 Å². The minimum atomic E-state index is -3.54. The largest absolute Gasteiger partial charge is 0.352 e. The molecule has 0 aliphatic carbocycles. The second-order valence-corrected chi connectivity index (χ2v) is 7.50. The van der Waals surface area contributed by atoms with Gasteiger partial charge in [-0.1, -0.05) is 0 Å². The maximum atomic E-state index is 12.7. The number of hydrogen-bond acceptors (Lipinski definition) is 6. The highest BCUT2D eigenvalue weighted by molar-refractivity contribution is 7.89.